The summed E-state index contributed by atoms with van der Waals surface area (Å²) in [4.78, 5) is -3.10. The lowest BCUT2D eigenvalue weighted by molar-refractivity contribution is 0.415. The molecule has 48 heavy (non-hydrogen) atoms. The average molecular weight is 742 g/mol. The van der Waals surface area contributed by atoms with Crippen molar-refractivity contribution in [1.29, 1.82) is 0 Å². The van der Waals surface area contributed by atoms with Gasteiger partial charge in [-0.05, 0) is 54.6 Å². The lowest BCUT2D eigenvalue weighted by Gasteiger charge is -2.13. The Labute approximate surface area is 273 Å². The zero-order valence-corrected chi connectivity index (χ0v) is 27.6. The van der Waals surface area contributed by atoms with Gasteiger partial charge in [-0.25, -0.2) is 8.42 Å². The first-order valence-corrected chi connectivity index (χ1v) is 18.6. The number of aromatic hydroxyl groups is 1. The summed E-state index contributed by atoms with van der Waals surface area (Å²) < 4.78 is 131. The van der Waals surface area contributed by atoms with Crippen LogP contribution in [-0.4, -0.2) is 66.6 Å². The van der Waals surface area contributed by atoms with Gasteiger partial charge in [-0.15, -0.1) is 20.5 Å². The summed E-state index contributed by atoms with van der Waals surface area (Å²) in [5.41, 5.74) is -1.77. The van der Waals surface area contributed by atoms with Crippen LogP contribution in [0.3, 0.4) is 0 Å². The molecule has 0 atom stereocenters. The number of nitrogens with zero attached hydrogens (tertiary/aromatic N) is 4. The first-order chi connectivity index (χ1) is 22.2. The highest BCUT2D eigenvalue weighted by molar-refractivity contribution is 7.94. The number of methoxy groups -OCH3 is 1. The van der Waals surface area contributed by atoms with Crippen molar-refractivity contribution in [2.45, 2.75) is 19.6 Å². The highest BCUT2D eigenvalue weighted by Crippen LogP contribution is 2.47. The highest BCUT2D eigenvalue weighted by Gasteiger charge is 2.25. The second-order valence-electron chi connectivity index (χ2n) is 9.38. The fraction of sp³-hybridized carbons (Fsp3) is 0.0769. The summed E-state index contributed by atoms with van der Waals surface area (Å²) in [7, 11) is -16.5. The van der Waals surface area contributed by atoms with E-state index in [9.17, 15) is 52.4 Å². The van der Waals surface area contributed by atoms with Crippen molar-refractivity contribution >= 4 is 79.4 Å². The Hall–Kier alpha value is -4.84. The normalized spacial score (nSPS) is 12.9. The molecule has 5 N–H and O–H groups in total. The Morgan fingerprint density at radius 3 is 1.85 bits per heavy atom. The molecule has 0 aliphatic rings. The Morgan fingerprint density at radius 1 is 0.688 bits per heavy atom. The van der Waals surface area contributed by atoms with Gasteiger partial charge in [-0.3, -0.25) is 13.7 Å². The fourth-order valence-corrected chi connectivity index (χ4v) is 6.79. The lowest BCUT2D eigenvalue weighted by Crippen LogP contribution is -2.02. The molecule has 0 heterocycles. The van der Waals surface area contributed by atoms with Gasteiger partial charge in [0, 0.05) is 23.2 Å². The minimum Gasteiger partial charge on any atom is -0.505 e. The molecule has 0 aromatic heterocycles. The minimum atomic E-state index is -5.20. The maximum Gasteiger partial charge on any atom is 0.296 e. The zero-order chi connectivity index (χ0) is 35.8. The molecular weight excluding hydrogens is 719 g/mol. The van der Waals surface area contributed by atoms with Crippen molar-refractivity contribution in [3.63, 3.8) is 0 Å². The van der Waals surface area contributed by atoms with Gasteiger partial charge in [0.05, 0.1) is 22.6 Å². The van der Waals surface area contributed by atoms with Crippen LogP contribution in [0.4, 0.5) is 28.4 Å². The maximum atomic E-state index is 12.5. The molecule has 0 unspecified atom stereocenters. The van der Waals surface area contributed by atoms with Crippen LogP contribution >= 0.6 is 0 Å². The van der Waals surface area contributed by atoms with Gasteiger partial charge < -0.3 is 15.2 Å². The van der Waals surface area contributed by atoms with E-state index in [1.807, 2.05) is 0 Å². The number of phenols is 1. The number of anilines is 1. The third-order valence-corrected chi connectivity index (χ3v) is 10.4. The Bertz CT molecular complexity index is 2500. The van der Waals surface area contributed by atoms with E-state index in [0.29, 0.717) is 11.5 Å². The van der Waals surface area contributed by atoms with Gasteiger partial charge in [-0.2, -0.15) is 25.3 Å². The van der Waals surface area contributed by atoms with E-state index < -0.39 is 76.9 Å². The van der Waals surface area contributed by atoms with Crippen LogP contribution in [0.2, 0.25) is 0 Å². The number of hydrogen-bond donors (Lipinski definition) is 5. The van der Waals surface area contributed by atoms with E-state index in [2.05, 4.69) is 32.4 Å². The standard InChI is InChI=1S/C26H23N5O13S4/c1-4-45(33,34)14-5-8-18(22(12-14)47(38,39)40)28-30-24-17-13-23(48(41,42)43)25(26(32)16(17)7-9-19(24)27-2)31-29-20-11-15(46(35,36)37)6-10-21(20)44-3/h4-13,27,32H,1H2,2-3H3,(H,35,36,37)(H,38,39,40)(H,41,42,43). The first kappa shape index (κ1) is 36.0. The second kappa shape index (κ2) is 13.0. The molecule has 0 aliphatic carbocycles. The maximum absolute atomic E-state index is 12.5. The summed E-state index contributed by atoms with van der Waals surface area (Å²) in [6.07, 6.45) is 0. The third kappa shape index (κ3) is 7.33. The number of sulfone groups is 1. The molecule has 0 amide bonds. The largest absolute Gasteiger partial charge is 0.505 e. The second-order valence-corrected chi connectivity index (χ2v) is 15.5. The Kier molecular flexibility index (Phi) is 9.74. The first-order valence-electron chi connectivity index (χ1n) is 12.7. The van der Waals surface area contributed by atoms with Gasteiger partial charge in [0.1, 0.15) is 38.3 Å². The van der Waals surface area contributed by atoms with E-state index in [1.54, 1.807) is 0 Å². The molecular formula is C26H23N5O13S4. The number of nitrogens with one attached hydrogen (secondary N) is 1. The van der Waals surface area contributed by atoms with E-state index in [1.165, 1.54) is 26.3 Å². The van der Waals surface area contributed by atoms with Crippen molar-refractivity contribution in [3.8, 4) is 11.5 Å². The minimum absolute atomic E-state index is 0.0689. The van der Waals surface area contributed by atoms with Crippen LogP contribution < -0.4 is 10.1 Å². The van der Waals surface area contributed by atoms with Crippen molar-refractivity contribution < 1.29 is 57.2 Å². The number of azo groups is 2. The van der Waals surface area contributed by atoms with Crippen LogP contribution in [0.1, 0.15) is 0 Å². The highest BCUT2D eigenvalue weighted by atomic mass is 32.2. The van der Waals surface area contributed by atoms with Crippen molar-refractivity contribution in [2.24, 2.45) is 20.5 Å². The summed E-state index contributed by atoms with van der Waals surface area (Å²) in [6, 6.07) is 8.98. The van der Waals surface area contributed by atoms with E-state index >= 15 is 0 Å². The number of hydrogen-bond acceptors (Lipinski definition) is 15. The fourth-order valence-electron chi connectivity index (χ4n) is 4.18. The molecule has 4 aromatic rings. The van der Waals surface area contributed by atoms with Gasteiger partial charge >= 0.3 is 0 Å². The summed E-state index contributed by atoms with van der Waals surface area (Å²) in [6.45, 7) is 3.15. The van der Waals surface area contributed by atoms with E-state index in [0.717, 1.165) is 36.4 Å². The zero-order valence-electron chi connectivity index (χ0n) is 24.4. The SMILES string of the molecule is C=CS(=O)(=O)c1ccc(N=Nc2c(NC)ccc3c(O)c(N=Nc4cc(S(=O)(=O)O)ccc4OC)c(S(=O)(=O)O)cc23)c(S(=O)(=O)O)c1. The predicted octanol–water partition coefficient (Wildman–Crippen LogP) is 5.08. The quantitative estimate of drug-likeness (QED) is 0.0989. The van der Waals surface area contributed by atoms with Gasteiger partial charge in [-0.1, -0.05) is 6.58 Å². The molecule has 0 bridgehead atoms. The van der Waals surface area contributed by atoms with Crippen LogP contribution in [0.15, 0.2) is 107 Å². The molecule has 18 nitrogen and oxygen atoms in total. The van der Waals surface area contributed by atoms with Crippen LogP contribution in [0.25, 0.3) is 10.8 Å². The monoisotopic (exact) mass is 741 g/mol. The van der Waals surface area contributed by atoms with Crippen LogP contribution in [-0.2, 0) is 40.2 Å². The lowest BCUT2D eigenvalue weighted by atomic mass is 10.1. The summed E-state index contributed by atoms with van der Waals surface area (Å²) in [5, 5.41) is 29.4. The molecule has 0 aliphatic heterocycles. The van der Waals surface area contributed by atoms with Gasteiger partial charge in [0.15, 0.2) is 15.6 Å². The molecule has 0 spiro atoms. The Balaban J connectivity index is 1.98. The molecule has 254 valence electrons. The Morgan fingerprint density at radius 2 is 1.29 bits per heavy atom. The molecule has 4 aromatic carbocycles. The number of rotatable bonds is 11. The van der Waals surface area contributed by atoms with Crippen molar-refractivity contribution in [3.05, 3.63) is 66.6 Å². The predicted molar refractivity (Wildman–Crippen MR) is 170 cm³/mol. The summed E-state index contributed by atoms with van der Waals surface area (Å²) >= 11 is 0. The van der Waals surface area contributed by atoms with Gasteiger partial charge in [0.25, 0.3) is 30.4 Å². The van der Waals surface area contributed by atoms with Gasteiger partial charge in [0.2, 0.25) is 0 Å². The van der Waals surface area contributed by atoms with Crippen LogP contribution in [0.5, 0.6) is 11.5 Å². The molecule has 22 heteroatoms. The van der Waals surface area contributed by atoms with Crippen LogP contribution in [0, 0.1) is 0 Å². The number of benzene rings is 4. The van der Waals surface area contributed by atoms with E-state index in [4.69, 9.17) is 4.74 Å². The van der Waals surface area contributed by atoms with E-state index in [-0.39, 0.29) is 33.6 Å². The molecule has 0 saturated heterocycles. The summed E-state index contributed by atoms with van der Waals surface area (Å²) in [5.74, 6) is -0.939. The molecule has 0 fully saturated rings. The molecule has 4 rings (SSSR count). The molecule has 0 saturated carbocycles. The topological polar surface area (TPSA) is 288 Å². The van der Waals surface area contributed by atoms with Crippen molar-refractivity contribution in [2.75, 3.05) is 19.5 Å². The number of fused-ring (bicyclic) bond motifs is 1. The third-order valence-electron chi connectivity index (χ3n) is 6.47. The average Bonchev–Trinajstić information content (AvgIpc) is 3.01. The smallest absolute Gasteiger partial charge is 0.296 e. The molecule has 0 radical (unpaired) electrons. The number of phenolic OH excluding ortho intramolecular Hbond substituents is 1. The number of ether oxygens (including phenoxy) is 1. The van der Waals surface area contributed by atoms with Crippen molar-refractivity contribution in [1.82, 2.24) is 0 Å².